The molecule has 6 rings (SSSR count). The molecule has 252 valence electrons. The zero-order valence-electron chi connectivity index (χ0n) is 26.0. The maximum absolute atomic E-state index is 13.4. The molecule has 0 saturated carbocycles. The molecule has 4 aromatic carbocycles. The number of ether oxygens (including phenoxy) is 1. The van der Waals surface area contributed by atoms with Crippen LogP contribution in [-0.2, 0) is 4.74 Å². The number of carbonyl (C=O) groups excluding carboxylic acids is 1. The van der Waals surface area contributed by atoms with Crippen LogP contribution < -0.4 is 10.2 Å². The summed E-state index contributed by atoms with van der Waals surface area (Å²) in [5, 5.41) is 65.5. The minimum atomic E-state index is -1.49. The van der Waals surface area contributed by atoms with Crippen LogP contribution in [0.4, 0.5) is 14.9 Å². The monoisotopic (exact) mass is 658 g/mol. The lowest BCUT2D eigenvalue weighted by molar-refractivity contribution is -0.231. The van der Waals surface area contributed by atoms with Crippen LogP contribution in [0.15, 0.2) is 97.1 Å². The highest BCUT2D eigenvalue weighted by Gasteiger charge is 2.44. The Kier molecular flexibility index (Phi) is 10.1. The Bertz CT molecular complexity index is 1690. The van der Waals surface area contributed by atoms with Gasteiger partial charge in [-0.2, -0.15) is 0 Å². The second-order valence-corrected chi connectivity index (χ2v) is 12.3. The third-order valence-electron chi connectivity index (χ3n) is 9.28. The van der Waals surface area contributed by atoms with E-state index in [0.717, 1.165) is 5.56 Å². The summed E-state index contributed by atoms with van der Waals surface area (Å²) in [4.78, 5) is 15.0. The van der Waals surface area contributed by atoms with Gasteiger partial charge in [-0.05, 0) is 71.8 Å². The average Bonchev–Trinajstić information content (AvgIpc) is 3.43. The van der Waals surface area contributed by atoms with Crippen molar-refractivity contribution in [1.29, 1.82) is 0 Å². The van der Waals surface area contributed by atoms with E-state index in [1.165, 1.54) is 12.1 Å². The third kappa shape index (κ3) is 6.79. The van der Waals surface area contributed by atoms with Gasteiger partial charge in [-0.15, -0.1) is 0 Å². The van der Waals surface area contributed by atoms with Gasteiger partial charge in [-0.1, -0.05) is 66.7 Å². The highest BCUT2D eigenvalue weighted by atomic mass is 19.1. The van der Waals surface area contributed by atoms with Gasteiger partial charge in [-0.25, -0.2) is 9.18 Å². The summed E-state index contributed by atoms with van der Waals surface area (Å²) in [6, 6.07) is 25.9. The molecule has 48 heavy (non-hydrogen) atoms. The zero-order valence-corrected chi connectivity index (χ0v) is 26.0. The molecule has 10 nitrogen and oxygen atoms in total. The van der Waals surface area contributed by atoms with Crippen LogP contribution in [-0.4, -0.2) is 73.7 Å². The molecule has 2 aliphatic heterocycles. The van der Waals surface area contributed by atoms with Crippen molar-refractivity contribution in [2.75, 3.05) is 11.5 Å². The van der Waals surface area contributed by atoms with Crippen LogP contribution in [0, 0.1) is 5.82 Å². The quantitative estimate of drug-likeness (QED) is 0.133. The van der Waals surface area contributed by atoms with Crippen molar-refractivity contribution < 1.29 is 44.6 Å². The molecule has 7 N–H and O–H groups in total. The van der Waals surface area contributed by atoms with Crippen LogP contribution >= 0.6 is 0 Å². The Balaban J connectivity index is 1.22. The topological polar surface area (TPSA) is 163 Å². The molecule has 0 bridgehead atoms. The summed E-state index contributed by atoms with van der Waals surface area (Å²) in [6.07, 6.45) is -5.62. The Labute approximate surface area is 277 Å². The lowest BCUT2D eigenvalue weighted by atomic mass is 9.90. The maximum atomic E-state index is 13.4. The fourth-order valence-electron chi connectivity index (χ4n) is 6.66. The van der Waals surface area contributed by atoms with E-state index in [4.69, 9.17) is 4.74 Å². The predicted octanol–water partition coefficient (Wildman–Crippen LogP) is 4.26. The molecule has 4 aromatic rings. The Morgan fingerprint density at radius 1 is 0.854 bits per heavy atom. The first-order valence-corrected chi connectivity index (χ1v) is 16.0. The number of amides is 2. The van der Waals surface area contributed by atoms with Gasteiger partial charge in [0.1, 0.15) is 42.1 Å². The number of aromatic hydroxyl groups is 1. The van der Waals surface area contributed by atoms with Crippen LogP contribution in [0.3, 0.4) is 0 Å². The number of nitrogens with one attached hydrogen (secondary N) is 1. The van der Waals surface area contributed by atoms with Gasteiger partial charge in [0.2, 0.25) is 0 Å². The summed E-state index contributed by atoms with van der Waals surface area (Å²) >= 11 is 0. The van der Waals surface area contributed by atoms with E-state index in [0.29, 0.717) is 47.2 Å². The maximum Gasteiger partial charge on any atom is 0.322 e. The van der Waals surface area contributed by atoms with Crippen molar-refractivity contribution in [3.05, 3.63) is 120 Å². The lowest BCUT2D eigenvalue weighted by Crippen LogP contribution is -2.55. The number of carbonyl (C=O) groups is 1. The fourth-order valence-corrected chi connectivity index (χ4v) is 6.66. The van der Waals surface area contributed by atoms with E-state index >= 15 is 0 Å². The second-order valence-electron chi connectivity index (χ2n) is 12.3. The summed E-state index contributed by atoms with van der Waals surface area (Å²) in [7, 11) is 0. The lowest BCUT2D eigenvalue weighted by Gasteiger charge is -2.40. The molecular formula is C37H39FN2O8. The molecule has 11 heteroatoms. The molecular weight excluding hydrogens is 619 g/mol. The first kappa shape index (κ1) is 33.5. The van der Waals surface area contributed by atoms with Crippen molar-refractivity contribution in [3.63, 3.8) is 0 Å². The largest absolute Gasteiger partial charge is 0.508 e. The summed E-state index contributed by atoms with van der Waals surface area (Å²) in [6.45, 7) is -0.520. The number of hydrogen-bond acceptors (Lipinski definition) is 8. The smallest absolute Gasteiger partial charge is 0.322 e. The minimum Gasteiger partial charge on any atom is -0.508 e. The number of nitrogens with zero attached hydrogens (tertiary/aromatic N) is 1. The zero-order chi connectivity index (χ0) is 33.9. The molecule has 2 saturated heterocycles. The molecule has 2 fully saturated rings. The van der Waals surface area contributed by atoms with E-state index in [9.17, 15) is 39.8 Å². The first-order chi connectivity index (χ1) is 23.2. The van der Waals surface area contributed by atoms with E-state index in [1.807, 2.05) is 36.4 Å². The van der Waals surface area contributed by atoms with Crippen molar-refractivity contribution in [1.82, 2.24) is 5.32 Å². The molecule has 1 unspecified atom stereocenters. The van der Waals surface area contributed by atoms with Crippen LogP contribution in [0.25, 0.3) is 11.1 Å². The van der Waals surface area contributed by atoms with Gasteiger partial charge in [0.15, 0.2) is 0 Å². The summed E-state index contributed by atoms with van der Waals surface area (Å²) < 4.78 is 19.0. The summed E-state index contributed by atoms with van der Waals surface area (Å²) in [5.74, 6) is -0.385. The molecule has 0 radical (unpaired) electrons. The number of urea groups is 1. The van der Waals surface area contributed by atoms with E-state index in [2.05, 4.69) is 5.32 Å². The van der Waals surface area contributed by atoms with Crippen molar-refractivity contribution >= 4 is 11.7 Å². The number of phenols is 1. The standard InChI is InChI=1S/C37H39FN2O8/c38-25-16-13-22(14-17-25)29(42)8-4-7-28-32(40(37(47)39-28)26-5-2-1-3-6-26)27-18-15-24(19-30(27)43)21-9-11-23(12-10-21)36-35(46)34(45)33(44)31(20-41)48-36/h1-3,5-6,9-19,28-29,31-36,41-46H,4,7-8,20H2,(H,39,47)/t28-,29?,31-,32-,33-,34+,35-,36+/m1/s1. The number of anilines is 1. The van der Waals surface area contributed by atoms with Crippen molar-refractivity contribution in [2.45, 2.75) is 68.0 Å². The van der Waals surface area contributed by atoms with Crippen LogP contribution in [0.1, 0.15) is 54.2 Å². The van der Waals surface area contributed by atoms with E-state index < -0.39 is 49.3 Å². The normalized spacial score (nSPS) is 26.3. The highest BCUT2D eigenvalue weighted by molar-refractivity contribution is 5.96. The Hall–Kier alpha value is -4.36. The predicted molar refractivity (Wildman–Crippen MR) is 175 cm³/mol. The molecule has 8 atom stereocenters. The van der Waals surface area contributed by atoms with Crippen LogP contribution in [0.5, 0.6) is 5.75 Å². The number of phenolic OH excluding ortho intramolecular Hbond substituents is 1. The number of halogens is 1. The van der Waals surface area contributed by atoms with E-state index in [1.54, 1.807) is 53.4 Å². The molecule has 2 heterocycles. The first-order valence-electron chi connectivity index (χ1n) is 16.0. The van der Waals surface area contributed by atoms with Crippen LogP contribution in [0.2, 0.25) is 0 Å². The van der Waals surface area contributed by atoms with Gasteiger partial charge in [-0.3, -0.25) is 4.90 Å². The number of benzene rings is 4. The molecule has 0 spiro atoms. The number of hydrogen-bond donors (Lipinski definition) is 7. The number of aliphatic hydroxyl groups is 5. The SMILES string of the molecule is O=C1N[C@H](CCCC(O)c2ccc(F)cc2)[C@@H](c2ccc(-c3ccc([C@@H]4O[C@H](CO)[C@@H](O)[C@H](O)[C@H]4O)cc3)cc2O)N1c1ccccc1. The number of para-hydroxylation sites is 1. The Morgan fingerprint density at radius 2 is 1.54 bits per heavy atom. The molecule has 2 amide bonds. The van der Waals surface area contributed by atoms with E-state index in [-0.39, 0.29) is 23.6 Å². The summed E-state index contributed by atoms with van der Waals surface area (Å²) in [5.41, 5.74) is 3.81. The highest BCUT2D eigenvalue weighted by Crippen LogP contribution is 2.42. The van der Waals surface area contributed by atoms with Gasteiger partial charge >= 0.3 is 6.03 Å². The number of aliphatic hydroxyl groups excluding tert-OH is 5. The van der Waals surface area contributed by atoms with Crippen molar-refractivity contribution in [2.24, 2.45) is 0 Å². The van der Waals surface area contributed by atoms with Gasteiger partial charge < -0.3 is 40.7 Å². The Morgan fingerprint density at radius 3 is 2.21 bits per heavy atom. The van der Waals surface area contributed by atoms with Gasteiger partial charge in [0, 0.05) is 11.3 Å². The molecule has 0 aromatic heterocycles. The van der Waals surface area contributed by atoms with Crippen molar-refractivity contribution in [3.8, 4) is 16.9 Å². The molecule has 2 aliphatic rings. The second kappa shape index (κ2) is 14.4. The fraction of sp³-hybridized carbons (Fsp3) is 0.324. The number of rotatable bonds is 10. The average molecular weight is 659 g/mol. The third-order valence-corrected chi connectivity index (χ3v) is 9.28. The van der Waals surface area contributed by atoms with Gasteiger partial charge in [0.25, 0.3) is 0 Å². The van der Waals surface area contributed by atoms with Gasteiger partial charge in [0.05, 0.1) is 24.8 Å². The molecule has 0 aliphatic carbocycles. The minimum absolute atomic E-state index is 0.00992.